The first kappa shape index (κ1) is 11.2. The summed E-state index contributed by atoms with van der Waals surface area (Å²) in [7, 11) is 1.40. The average molecular weight is 210 g/mol. The maximum atomic E-state index is 9.38. The molecule has 13 heavy (non-hydrogen) atoms. The molecule has 5 nitrogen and oxygen atoms in total. The molecule has 0 aromatic carbocycles. The first-order chi connectivity index (χ1) is 6.11. The van der Waals surface area contributed by atoms with Crippen molar-refractivity contribution in [3.63, 3.8) is 0 Å². The van der Waals surface area contributed by atoms with Crippen LogP contribution in [0.1, 0.15) is 0 Å². The summed E-state index contributed by atoms with van der Waals surface area (Å²) in [5.41, 5.74) is -0.601. The Hall–Kier alpha value is 0.150. The minimum atomic E-state index is -1.26. The minimum Gasteiger partial charge on any atom is -0.395 e. The molecule has 0 radical (unpaired) electrons. The summed E-state index contributed by atoms with van der Waals surface area (Å²) in [6.45, 7) is -0.254. The highest BCUT2D eigenvalue weighted by molar-refractivity contribution is 8.00. The van der Waals surface area contributed by atoms with Crippen LogP contribution in [0.2, 0.25) is 0 Å². The molecule has 5 unspecified atom stereocenters. The van der Waals surface area contributed by atoms with Crippen LogP contribution in [0.15, 0.2) is 0 Å². The van der Waals surface area contributed by atoms with Gasteiger partial charge in [-0.1, -0.05) is 0 Å². The fourth-order valence-corrected chi connectivity index (χ4v) is 2.45. The third-order valence-electron chi connectivity index (χ3n) is 2.08. The van der Waals surface area contributed by atoms with E-state index in [4.69, 9.17) is 9.84 Å². The molecule has 0 amide bonds. The van der Waals surface area contributed by atoms with Crippen molar-refractivity contribution < 1.29 is 25.2 Å². The molecule has 0 bridgehead atoms. The lowest BCUT2D eigenvalue weighted by Crippen LogP contribution is -2.54. The number of methoxy groups -OCH3 is 1. The second-order valence-electron chi connectivity index (χ2n) is 2.93. The summed E-state index contributed by atoms with van der Waals surface area (Å²) in [4.78, 5) is 0. The number of hydrogen-bond donors (Lipinski definition) is 4. The van der Waals surface area contributed by atoms with Crippen molar-refractivity contribution >= 4 is 11.8 Å². The third kappa shape index (κ3) is 2.15. The van der Waals surface area contributed by atoms with Gasteiger partial charge in [0.05, 0.1) is 18.0 Å². The Morgan fingerprint density at radius 2 is 1.77 bits per heavy atom. The fourth-order valence-electron chi connectivity index (χ4n) is 1.26. The van der Waals surface area contributed by atoms with Crippen LogP contribution in [0.5, 0.6) is 0 Å². The maximum absolute atomic E-state index is 9.38. The Morgan fingerprint density at radius 1 is 1.15 bits per heavy atom. The highest BCUT2D eigenvalue weighted by atomic mass is 32.2. The van der Waals surface area contributed by atoms with E-state index in [1.165, 1.54) is 7.11 Å². The Balaban J connectivity index is 2.66. The molecule has 0 aromatic heterocycles. The molecule has 1 saturated heterocycles. The highest BCUT2D eigenvalue weighted by Crippen LogP contribution is 2.32. The standard InChI is InChI=1S/C7H14O5S/c1-12-7-6(11)5(10)4(9)3(2-8)13-7/h3-11H,2H2,1H3. The van der Waals surface area contributed by atoms with Crippen LogP contribution in [0.3, 0.4) is 0 Å². The fraction of sp³-hybridized carbons (Fsp3) is 1.00. The minimum absolute atomic E-state index is 0.254. The van der Waals surface area contributed by atoms with Gasteiger partial charge in [0.25, 0.3) is 0 Å². The van der Waals surface area contributed by atoms with Crippen LogP contribution in [0.4, 0.5) is 0 Å². The van der Waals surface area contributed by atoms with Crippen LogP contribution in [0, 0.1) is 0 Å². The molecule has 6 heteroatoms. The second kappa shape index (κ2) is 4.59. The number of ether oxygens (including phenoxy) is 1. The van der Waals surface area contributed by atoms with Crippen molar-refractivity contribution in [1.29, 1.82) is 0 Å². The van der Waals surface area contributed by atoms with Gasteiger partial charge in [-0.05, 0) is 0 Å². The van der Waals surface area contributed by atoms with E-state index in [0.717, 1.165) is 11.8 Å². The molecule has 0 saturated carbocycles. The van der Waals surface area contributed by atoms with Gasteiger partial charge in [-0.25, -0.2) is 0 Å². The van der Waals surface area contributed by atoms with Crippen LogP contribution < -0.4 is 0 Å². The van der Waals surface area contributed by atoms with E-state index in [1.807, 2.05) is 0 Å². The molecule has 1 aliphatic heterocycles. The van der Waals surface area contributed by atoms with Crippen LogP contribution in [-0.2, 0) is 4.74 Å². The van der Waals surface area contributed by atoms with Crippen molar-refractivity contribution in [2.45, 2.75) is 29.0 Å². The van der Waals surface area contributed by atoms with E-state index in [9.17, 15) is 15.3 Å². The van der Waals surface area contributed by atoms with Crippen molar-refractivity contribution in [3.05, 3.63) is 0 Å². The number of rotatable bonds is 2. The molecule has 78 valence electrons. The first-order valence-electron chi connectivity index (χ1n) is 3.95. The number of aliphatic hydroxyl groups excluding tert-OH is 4. The lowest BCUT2D eigenvalue weighted by atomic mass is 10.0. The zero-order valence-electron chi connectivity index (χ0n) is 7.20. The summed E-state index contributed by atoms with van der Waals surface area (Å²) < 4.78 is 4.88. The molecule has 0 spiro atoms. The van der Waals surface area contributed by atoms with E-state index in [-0.39, 0.29) is 6.61 Å². The van der Waals surface area contributed by atoms with Crippen molar-refractivity contribution in [1.82, 2.24) is 0 Å². The molecule has 1 fully saturated rings. The lowest BCUT2D eigenvalue weighted by molar-refractivity contribution is -0.102. The summed E-state index contributed by atoms with van der Waals surface area (Å²) in [6, 6.07) is 0. The van der Waals surface area contributed by atoms with Gasteiger partial charge < -0.3 is 25.2 Å². The summed E-state index contributed by atoms with van der Waals surface area (Å²) >= 11 is 1.12. The zero-order valence-corrected chi connectivity index (χ0v) is 8.02. The lowest BCUT2D eigenvalue weighted by Gasteiger charge is -2.38. The molecule has 1 rings (SSSR count). The second-order valence-corrected chi connectivity index (χ2v) is 4.28. The van der Waals surface area contributed by atoms with Gasteiger partial charge >= 0.3 is 0 Å². The molecule has 0 aromatic rings. The SMILES string of the molecule is COC1SC(CO)C(O)C(O)C1O. The van der Waals surface area contributed by atoms with Gasteiger partial charge in [0.2, 0.25) is 0 Å². The molecular formula is C7H14O5S. The molecule has 5 atom stereocenters. The highest BCUT2D eigenvalue weighted by Gasteiger charge is 2.43. The molecule has 0 aliphatic carbocycles. The van der Waals surface area contributed by atoms with Gasteiger partial charge in [-0.3, -0.25) is 0 Å². The van der Waals surface area contributed by atoms with Crippen molar-refractivity contribution in [2.75, 3.05) is 13.7 Å². The monoisotopic (exact) mass is 210 g/mol. The van der Waals surface area contributed by atoms with Gasteiger partial charge in [0.1, 0.15) is 17.6 Å². The predicted molar refractivity (Wildman–Crippen MR) is 47.3 cm³/mol. The Morgan fingerprint density at radius 3 is 2.23 bits per heavy atom. The average Bonchev–Trinajstić information content (AvgIpc) is 2.15. The number of hydrogen-bond acceptors (Lipinski definition) is 6. The van der Waals surface area contributed by atoms with Gasteiger partial charge in [-0.15, -0.1) is 11.8 Å². The van der Waals surface area contributed by atoms with E-state index < -0.39 is 29.0 Å². The normalized spacial score (nSPS) is 46.4. The van der Waals surface area contributed by atoms with E-state index in [1.54, 1.807) is 0 Å². The van der Waals surface area contributed by atoms with E-state index in [2.05, 4.69) is 0 Å². The van der Waals surface area contributed by atoms with Gasteiger partial charge in [0, 0.05) is 7.11 Å². The maximum Gasteiger partial charge on any atom is 0.131 e. The van der Waals surface area contributed by atoms with Crippen LogP contribution in [-0.4, -0.2) is 63.1 Å². The van der Waals surface area contributed by atoms with Crippen LogP contribution >= 0.6 is 11.8 Å². The first-order valence-corrected chi connectivity index (χ1v) is 4.89. The number of thioether (sulfide) groups is 1. The quantitative estimate of drug-likeness (QED) is 0.428. The van der Waals surface area contributed by atoms with Crippen molar-refractivity contribution in [3.8, 4) is 0 Å². The van der Waals surface area contributed by atoms with E-state index in [0.29, 0.717) is 0 Å². The Kier molecular flexibility index (Phi) is 3.96. The van der Waals surface area contributed by atoms with Crippen LogP contribution in [0.25, 0.3) is 0 Å². The zero-order chi connectivity index (χ0) is 10.0. The molecular weight excluding hydrogens is 196 g/mol. The third-order valence-corrected chi connectivity index (χ3v) is 3.60. The van der Waals surface area contributed by atoms with Crippen molar-refractivity contribution in [2.24, 2.45) is 0 Å². The summed E-state index contributed by atoms with van der Waals surface area (Å²) in [6.07, 6.45) is -3.49. The topological polar surface area (TPSA) is 90.2 Å². The largest absolute Gasteiger partial charge is 0.395 e. The Labute approximate surface area is 80.3 Å². The van der Waals surface area contributed by atoms with E-state index >= 15 is 0 Å². The number of aliphatic hydroxyl groups is 4. The van der Waals surface area contributed by atoms with Gasteiger partial charge in [0.15, 0.2) is 0 Å². The summed E-state index contributed by atoms with van der Waals surface area (Å²) in [5.74, 6) is 0. The smallest absolute Gasteiger partial charge is 0.131 e. The molecule has 1 aliphatic rings. The molecule has 4 N–H and O–H groups in total. The van der Waals surface area contributed by atoms with Gasteiger partial charge in [-0.2, -0.15) is 0 Å². The Bertz CT molecular complexity index is 147. The predicted octanol–water partition coefficient (Wildman–Crippen LogP) is -1.85. The molecule has 1 heterocycles. The summed E-state index contributed by atoms with van der Waals surface area (Å²) in [5, 5.41) is 36.4.